The number of carboxylic acids is 1. The smallest absolute Gasteiger partial charge is 0.306 e. The fourth-order valence-electron chi connectivity index (χ4n) is 4.11. The van der Waals surface area contributed by atoms with Crippen LogP contribution in [-0.4, -0.2) is 36.4 Å². The van der Waals surface area contributed by atoms with Gasteiger partial charge < -0.3 is 15.2 Å². The van der Waals surface area contributed by atoms with Crippen LogP contribution >= 0.6 is 0 Å². The zero-order chi connectivity index (χ0) is 11.8. The molecule has 0 spiro atoms. The zero-order valence-electron chi connectivity index (χ0n) is 10.1. The minimum atomic E-state index is -0.583. The van der Waals surface area contributed by atoms with Crippen molar-refractivity contribution in [2.24, 2.45) is 17.8 Å². The van der Waals surface area contributed by atoms with Crippen LogP contribution in [0.2, 0.25) is 0 Å². The second-order valence-electron chi connectivity index (χ2n) is 5.76. The van der Waals surface area contributed by atoms with Gasteiger partial charge in [-0.25, -0.2) is 0 Å². The van der Waals surface area contributed by atoms with Gasteiger partial charge in [-0.05, 0) is 43.9 Å². The van der Waals surface area contributed by atoms with Crippen molar-refractivity contribution in [3.8, 4) is 0 Å². The number of hydrogen-bond acceptors (Lipinski definition) is 3. The fraction of sp³-hybridized carbons (Fsp3) is 0.923. The molecule has 3 aliphatic rings. The van der Waals surface area contributed by atoms with Crippen molar-refractivity contribution in [1.82, 2.24) is 5.32 Å². The topological polar surface area (TPSA) is 58.6 Å². The number of fused-ring (bicyclic) bond motifs is 2. The normalized spacial score (nSPS) is 42.6. The first kappa shape index (κ1) is 11.5. The van der Waals surface area contributed by atoms with Gasteiger partial charge in [0.2, 0.25) is 0 Å². The number of rotatable bonds is 2. The summed E-state index contributed by atoms with van der Waals surface area (Å²) in [4.78, 5) is 11.5. The van der Waals surface area contributed by atoms with Crippen LogP contribution in [0.25, 0.3) is 0 Å². The average molecular weight is 239 g/mol. The van der Waals surface area contributed by atoms with Gasteiger partial charge >= 0.3 is 5.97 Å². The van der Waals surface area contributed by atoms with E-state index >= 15 is 0 Å². The van der Waals surface area contributed by atoms with Gasteiger partial charge in [0.1, 0.15) is 0 Å². The van der Waals surface area contributed by atoms with Crippen molar-refractivity contribution in [3.05, 3.63) is 0 Å². The van der Waals surface area contributed by atoms with E-state index in [4.69, 9.17) is 4.74 Å². The molecule has 0 aliphatic carbocycles. The molecule has 3 rings (SSSR count). The lowest BCUT2D eigenvalue weighted by Gasteiger charge is -2.41. The minimum Gasteiger partial charge on any atom is -0.481 e. The van der Waals surface area contributed by atoms with Gasteiger partial charge in [-0.2, -0.15) is 0 Å². The number of hydrogen-bond donors (Lipinski definition) is 2. The maximum absolute atomic E-state index is 11.5. The van der Waals surface area contributed by atoms with Crippen LogP contribution in [-0.2, 0) is 9.53 Å². The van der Waals surface area contributed by atoms with E-state index in [2.05, 4.69) is 5.32 Å². The SMILES string of the molecule is O=C(O)C1CC2CCC(N2)C1C1CCOCC1. The van der Waals surface area contributed by atoms with Crippen molar-refractivity contribution < 1.29 is 14.6 Å². The highest BCUT2D eigenvalue weighted by Crippen LogP contribution is 2.42. The Hall–Kier alpha value is -0.610. The Morgan fingerprint density at radius 3 is 2.65 bits per heavy atom. The third-order valence-corrected chi connectivity index (χ3v) is 4.87. The zero-order valence-corrected chi connectivity index (χ0v) is 10.1. The second-order valence-corrected chi connectivity index (χ2v) is 5.76. The Morgan fingerprint density at radius 2 is 1.94 bits per heavy atom. The quantitative estimate of drug-likeness (QED) is 0.761. The lowest BCUT2D eigenvalue weighted by atomic mass is 9.71. The Balaban J connectivity index is 1.79. The third-order valence-electron chi connectivity index (χ3n) is 4.87. The molecular weight excluding hydrogens is 218 g/mol. The van der Waals surface area contributed by atoms with Crippen molar-refractivity contribution >= 4 is 5.97 Å². The van der Waals surface area contributed by atoms with E-state index in [0.717, 1.165) is 45.3 Å². The monoisotopic (exact) mass is 239 g/mol. The summed E-state index contributed by atoms with van der Waals surface area (Å²) in [5, 5.41) is 13.1. The molecule has 0 aromatic heterocycles. The van der Waals surface area contributed by atoms with Crippen molar-refractivity contribution in [2.75, 3.05) is 13.2 Å². The predicted molar refractivity (Wildman–Crippen MR) is 62.7 cm³/mol. The average Bonchev–Trinajstić information content (AvgIpc) is 2.72. The van der Waals surface area contributed by atoms with Crippen LogP contribution < -0.4 is 5.32 Å². The van der Waals surface area contributed by atoms with Crippen LogP contribution in [0.15, 0.2) is 0 Å². The summed E-state index contributed by atoms with van der Waals surface area (Å²) in [5.41, 5.74) is 0. The van der Waals surface area contributed by atoms with E-state index in [1.165, 1.54) is 0 Å². The van der Waals surface area contributed by atoms with E-state index in [1.807, 2.05) is 0 Å². The maximum Gasteiger partial charge on any atom is 0.306 e. The fourth-order valence-corrected chi connectivity index (χ4v) is 4.11. The maximum atomic E-state index is 11.5. The molecule has 4 heteroatoms. The number of nitrogens with one attached hydrogen (secondary N) is 1. The van der Waals surface area contributed by atoms with E-state index < -0.39 is 5.97 Å². The molecule has 2 N–H and O–H groups in total. The number of aliphatic carboxylic acids is 1. The lowest BCUT2D eigenvalue weighted by molar-refractivity contribution is -0.147. The molecule has 4 unspecified atom stereocenters. The van der Waals surface area contributed by atoms with Crippen molar-refractivity contribution in [1.29, 1.82) is 0 Å². The molecule has 4 atom stereocenters. The van der Waals surface area contributed by atoms with E-state index in [9.17, 15) is 9.90 Å². The largest absolute Gasteiger partial charge is 0.481 e. The standard InChI is InChI=1S/C13H21NO3/c15-13(16)10-7-9-1-2-11(14-9)12(10)8-3-5-17-6-4-8/h8-12,14H,1-7H2,(H,15,16). The summed E-state index contributed by atoms with van der Waals surface area (Å²) in [6.45, 7) is 1.62. The number of ether oxygens (including phenoxy) is 1. The van der Waals surface area contributed by atoms with E-state index in [1.54, 1.807) is 0 Å². The summed E-state index contributed by atoms with van der Waals surface area (Å²) in [7, 11) is 0. The Bertz CT molecular complexity index is 301. The molecule has 17 heavy (non-hydrogen) atoms. The van der Waals surface area contributed by atoms with Crippen LogP contribution in [0.5, 0.6) is 0 Å². The molecule has 0 aromatic carbocycles. The molecule has 3 fully saturated rings. The highest BCUT2D eigenvalue weighted by atomic mass is 16.5. The molecule has 4 nitrogen and oxygen atoms in total. The molecule has 0 amide bonds. The molecule has 0 saturated carbocycles. The van der Waals surface area contributed by atoms with Gasteiger partial charge in [-0.1, -0.05) is 0 Å². The minimum absolute atomic E-state index is 0.128. The summed E-state index contributed by atoms with van der Waals surface area (Å²) >= 11 is 0. The third kappa shape index (κ3) is 2.08. The number of carbonyl (C=O) groups is 1. The molecule has 3 aliphatic heterocycles. The van der Waals surface area contributed by atoms with Crippen molar-refractivity contribution in [3.63, 3.8) is 0 Å². The van der Waals surface area contributed by atoms with Gasteiger partial charge in [0.25, 0.3) is 0 Å². The molecular formula is C13H21NO3. The Morgan fingerprint density at radius 1 is 1.18 bits per heavy atom. The van der Waals surface area contributed by atoms with Gasteiger partial charge in [0.05, 0.1) is 5.92 Å². The predicted octanol–water partition coefficient (Wildman–Crippen LogP) is 1.25. The van der Waals surface area contributed by atoms with Crippen LogP contribution in [0.4, 0.5) is 0 Å². The Kier molecular flexibility index (Phi) is 3.09. The van der Waals surface area contributed by atoms with Crippen LogP contribution in [0.3, 0.4) is 0 Å². The van der Waals surface area contributed by atoms with Gasteiger partial charge in [-0.3, -0.25) is 4.79 Å². The first-order valence-electron chi connectivity index (χ1n) is 6.82. The van der Waals surface area contributed by atoms with Crippen LogP contribution in [0, 0.1) is 17.8 Å². The number of carboxylic acid groups (broad SMARTS) is 1. The highest BCUT2D eigenvalue weighted by molar-refractivity contribution is 5.71. The summed E-state index contributed by atoms with van der Waals surface area (Å²) in [5.74, 6) is 0.160. The van der Waals surface area contributed by atoms with Gasteiger partial charge in [-0.15, -0.1) is 0 Å². The number of piperidine rings is 1. The van der Waals surface area contributed by atoms with Gasteiger partial charge in [0, 0.05) is 25.3 Å². The molecule has 96 valence electrons. The molecule has 0 radical (unpaired) electrons. The van der Waals surface area contributed by atoms with E-state index in [-0.39, 0.29) is 5.92 Å². The summed E-state index contributed by atoms with van der Waals surface area (Å²) in [6.07, 6.45) is 5.23. The molecule has 2 bridgehead atoms. The molecule has 0 aromatic rings. The molecule has 3 heterocycles. The second kappa shape index (κ2) is 4.58. The molecule has 3 saturated heterocycles. The summed E-state index contributed by atoms with van der Waals surface area (Å²) in [6, 6.07) is 0.898. The van der Waals surface area contributed by atoms with Crippen LogP contribution in [0.1, 0.15) is 32.1 Å². The first-order valence-corrected chi connectivity index (χ1v) is 6.82. The van der Waals surface area contributed by atoms with E-state index in [0.29, 0.717) is 23.9 Å². The first-order chi connectivity index (χ1) is 8.25. The van der Waals surface area contributed by atoms with Crippen molar-refractivity contribution in [2.45, 2.75) is 44.2 Å². The summed E-state index contributed by atoms with van der Waals surface area (Å²) < 4.78 is 5.40. The highest BCUT2D eigenvalue weighted by Gasteiger charge is 2.47. The van der Waals surface area contributed by atoms with Gasteiger partial charge in [0.15, 0.2) is 0 Å². The lowest BCUT2D eigenvalue weighted by Crippen LogP contribution is -2.51. The Labute approximate surface area is 102 Å².